The third kappa shape index (κ3) is 3.47. The average Bonchev–Trinajstić information content (AvgIpc) is 2.97. The van der Waals surface area contributed by atoms with Crippen LogP contribution < -0.4 is 5.32 Å². The van der Waals surface area contributed by atoms with Crippen molar-refractivity contribution in [2.75, 3.05) is 6.54 Å². The van der Waals surface area contributed by atoms with E-state index < -0.39 is 0 Å². The van der Waals surface area contributed by atoms with Crippen molar-refractivity contribution in [3.05, 3.63) is 11.7 Å². The van der Waals surface area contributed by atoms with Crippen molar-refractivity contribution >= 4 is 0 Å². The van der Waals surface area contributed by atoms with E-state index in [4.69, 9.17) is 9.51 Å². The molecule has 1 aromatic rings. The summed E-state index contributed by atoms with van der Waals surface area (Å²) in [5.41, 5.74) is 0.428. The van der Waals surface area contributed by atoms with Crippen LogP contribution in [0.2, 0.25) is 0 Å². The second-order valence-corrected chi connectivity index (χ2v) is 7.91. The van der Waals surface area contributed by atoms with Gasteiger partial charge in [-0.3, -0.25) is 0 Å². The highest BCUT2D eigenvalue weighted by atomic mass is 16.5. The molecule has 4 heteroatoms. The summed E-state index contributed by atoms with van der Waals surface area (Å²) in [6, 6.07) is 0.308. The Morgan fingerprint density at radius 1 is 1.05 bits per heavy atom. The Kier molecular flexibility index (Phi) is 4.34. The van der Waals surface area contributed by atoms with Gasteiger partial charge in [0.05, 0.1) is 6.04 Å². The molecule has 0 amide bonds. The van der Waals surface area contributed by atoms with Crippen molar-refractivity contribution in [3.63, 3.8) is 0 Å². The molecule has 1 aliphatic carbocycles. The monoisotopic (exact) mass is 291 g/mol. The maximum absolute atomic E-state index is 5.58. The van der Waals surface area contributed by atoms with Crippen molar-refractivity contribution in [2.45, 2.75) is 77.7 Å². The SMILES string of the molecule is CC(C)(C)C1CCC(c2nc(C3CCCCN3)no2)CC1. The number of rotatable bonds is 2. The molecule has 1 saturated carbocycles. The van der Waals surface area contributed by atoms with Crippen LogP contribution in [-0.4, -0.2) is 16.7 Å². The Morgan fingerprint density at radius 3 is 2.43 bits per heavy atom. The summed E-state index contributed by atoms with van der Waals surface area (Å²) in [6.07, 6.45) is 8.62. The number of nitrogens with zero attached hydrogens (tertiary/aromatic N) is 2. The predicted molar refractivity (Wildman–Crippen MR) is 83.0 cm³/mol. The molecule has 0 radical (unpaired) electrons. The maximum Gasteiger partial charge on any atom is 0.229 e. The molecular formula is C17H29N3O. The number of hydrogen-bond donors (Lipinski definition) is 1. The largest absolute Gasteiger partial charge is 0.339 e. The minimum absolute atomic E-state index is 0.308. The molecule has 2 heterocycles. The van der Waals surface area contributed by atoms with E-state index >= 15 is 0 Å². The third-order valence-corrected chi connectivity index (χ3v) is 5.38. The lowest BCUT2D eigenvalue weighted by molar-refractivity contribution is 0.159. The highest BCUT2D eigenvalue weighted by Gasteiger charge is 2.32. The first-order chi connectivity index (χ1) is 10.0. The molecular weight excluding hydrogens is 262 g/mol. The quantitative estimate of drug-likeness (QED) is 0.887. The van der Waals surface area contributed by atoms with Gasteiger partial charge in [-0.05, 0) is 56.4 Å². The zero-order valence-corrected chi connectivity index (χ0v) is 13.7. The van der Waals surface area contributed by atoms with Gasteiger partial charge < -0.3 is 9.84 Å². The molecule has 1 aromatic heterocycles. The smallest absolute Gasteiger partial charge is 0.229 e. The minimum atomic E-state index is 0.308. The van der Waals surface area contributed by atoms with Gasteiger partial charge >= 0.3 is 0 Å². The van der Waals surface area contributed by atoms with E-state index in [0.717, 1.165) is 30.6 Å². The van der Waals surface area contributed by atoms with Gasteiger partial charge in [-0.1, -0.05) is 32.3 Å². The summed E-state index contributed by atoms with van der Waals surface area (Å²) in [5, 5.41) is 7.73. The van der Waals surface area contributed by atoms with Crippen LogP contribution in [0.3, 0.4) is 0 Å². The molecule has 0 aromatic carbocycles. The van der Waals surface area contributed by atoms with E-state index in [9.17, 15) is 0 Å². The van der Waals surface area contributed by atoms with Gasteiger partial charge in [-0.2, -0.15) is 4.98 Å². The van der Waals surface area contributed by atoms with E-state index in [1.807, 2.05) is 0 Å². The number of aromatic nitrogens is 2. The van der Waals surface area contributed by atoms with Gasteiger partial charge in [0.25, 0.3) is 0 Å². The number of nitrogens with one attached hydrogen (secondary N) is 1. The van der Waals surface area contributed by atoms with Gasteiger partial charge in [0.2, 0.25) is 5.89 Å². The van der Waals surface area contributed by atoms with Crippen LogP contribution in [0.5, 0.6) is 0 Å². The normalized spacial score (nSPS) is 31.3. The Balaban J connectivity index is 1.60. The summed E-state index contributed by atoms with van der Waals surface area (Å²) in [6.45, 7) is 8.15. The molecule has 2 fully saturated rings. The molecule has 1 saturated heterocycles. The van der Waals surface area contributed by atoms with Crippen molar-refractivity contribution in [1.29, 1.82) is 0 Å². The molecule has 118 valence electrons. The second kappa shape index (κ2) is 6.07. The summed E-state index contributed by atoms with van der Waals surface area (Å²) in [4.78, 5) is 4.70. The van der Waals surface area contributed by atoms with Gasteiger partial charge in [-0.25, -0.2) is 0 Å². The number of hydrogen-bond acceptors (Lipinski definition) is 4. The molecule has 21 heavy (non-hydrogen) atoms. The molecule has 0 bridgehead atoms. The van der Waals surface area contributed by atoms with Crippen LogP contribution in [0.25, 0.3) is 0 Å². The first-order valence-electron chi connectivity index (χ1n) is 8.61. The highest BCUT2D eigenvalue weighted by molar-refractivity contribution is 5.01. The van der Waals surface area contributed by atoms with Crippen molar-refractivity contribution in [2.24, 2.45) is 11.3 Å². The Hall–Kier alpha value is -0.900. The van der Waals surface area contributed by atoms with Gasteiger partial charge in [0, 0.05) is 5.92 Å². The van der Waals surface area contributed by atoms with E-state index in [0.29, 0.717) is 17.4 Å². The first kappa shape index (κ1) is 15.0. The summed E-state index contributed by atoms with van der Waals surface area (Å²) in [5.74, 6) is 3.07. The lowest BCUT2D eigenvalue weighted by atomic mass is 9.70. The number of piperidine rings is 1. The fourth-order valence-electron chi connectivity index (χ4n) is 3.83. The summed E-state index contributed by atoms with van der Waals surface area (Å²) >= 11 is 0. The van der Waals surface area contributed by atoms with E-state index in [1.54, 1.807) is 0 Å². The van der Waals surface area contributed by atoms with Crippen LogP contribution >= 0.6 is 0 Å². The van der Waals surface area contributed by atoms with Crippen molar-refractivity contribution in [3.8, 4) is 0 Å². The Bertz CT molecular complexity index is 449. The lowest BCUT2D eigenvalue weighted by Gasteiger charge is -2.35. The third-order valence-electron chi connectivity index (χ3n) is 5.38. The summed E-state index contributed by atoms with van der Waals surface area (Å²) in [7, 11) is 0. The van der Waals surface area contributed by atoms with Gasteiger partial charge in [0.15, 0.2) is 5.82 Å². The topological polar surface area (TPSA) is 51.0 Å². The standard InChI is InChI=1S/C17H29N3O/c1-17(2,3)13-9-7-12(8-10-13)16-19-15(20-21-16)14-6-4-5-11-18-14/h12-14,18H,4-11H2,1-3H3. The van der Waals surface area contributed by atoms with Crippen LogP contribution in [0.4, 0.5) is 0 Å². The predicted octanol–water partition coefficient (Wildman–Crippen LogP) is 4.20. The highest BCUT2D eigenvalue weighted by Crippen LogP contribution is 2.42. The molecule has 3 rings (SSSR count). The summed E-state index contributed by atoms with van der Waals surface area (Å²) < 4.78 is 5.58. The molecule has 1 atom stereocenters. The fraction of sp³-hybridized carbons (Fsp3) is 0.882. The van der Waals surface area contributed by atoms with Crippen LogP contribution in [0, 0.1) is 11.3 Å². The van der Waals surface area contributed by atoms with E-state index in [1.165, 1.54) is 38.5 Å². The molecule has 1 aliphatic heterocycles. The first-order valence-corrected chi connectivity index (χ1v) is 8.61. The lowest BCUT2D eigenvalue weighted by Crippen LogP contribution is -2.27. The molecule has 0 spiro atoms. The molecule has 1 N–H and O–H groups in total. The van der Waals surface area contributed by atoms with Crippen molar-refractivity contribution < 1.29 is 4.52 Å². The van der Waals surface area contributed by atoms with Gasteiger partial charge in [-0.15, -0.1) is 0 Å². The molecule has 4 nitrogen and oxygen atoms in total. The Labute approximate surface area is 128 Å². The molecule has 2 aliphatic rings. The van der Waals surface area contributed by atoms with Gasteiger partial charge in [0.1, 0.15) is 0 Å². The zero-order valence-electron chi connectivity index (χ0n) is 13.7. The van der Waals surface area contributed by atoms with E-state index in [2.05, 4.69) is 31.2 Å². The molecule has 1 unspecified atom stereocenters. The minimum Gasteiger partial charge on any atom is -0.339 e. The van der Waals surface area contributed by atoms with Crippen LogP contribution in [0.1, 0.15) is 89.4 Å². The maximum atomic E-state index is 5.58. The average molecular weight is 291 g/mol. The van der Waals surface area contributed by atoms with Crippen LogP contribution in [0.15, 0.2) is 4.52 Å². The fourth-order valence-corrected chi connectivity index (χ4v) is 3.83. The van der Waals surface area contributed by atoms with E-state index in [-0.39, 0.29) is 0 Å². The van der Waals surface area contributed by atoms with Crippen LogP contribution in [-0.2, 0) is 0 Å². The second-order valence-electron chi connectivity index (χ2n) is 7.91. The Morgan fingerprint density at radius 2 is 1.81 bits per heavy atom. The zero-order chi connectivity index (χ0) is 14.9. The van der Waals surface area contributed by atoms with Crippen molar-refractivity contribution in [1.82, 2.24) is 15.5 Å².